The van der Waals surface area contributed by atoms with E-state index in [4.69, 9.17) is 10.5 Å². The second kappa shape index (κ2) is 4.09. The van der Waals surface area contributed by atoms with Gasteiger partial charge < -0.3 is 10.5 Å². The molecule has 3 rings (SSSR count). The SMILES string of the molecule is Nc1ccc(Oc2ccc3c(c2)CCC3)cn1. The molecule has 0 saturated carbocycles. The van der Waals surface area contributed by atoms with Gasteiger partial charge in [-0.1, -0.05) is 6.07 Å². The van der Waals surface area contributed by atoms with Gasteiger partial charge in [-0.15, -0.1) is 0 Å². The number of benzene rings is 1. The summed E-state index contributed by atoms with van der Waals surface area (Å²) in [6, 6.07) is 9.86. The van der Waals surface area contributed by atoms with Gasteiger partial charge in [-0.25, -0.2) is 4.98 Å². The van der Waals surface area contributed by atoms with Crippen LogP contribution in [0.25, 0.3) is 0 Å². The predicted octanol–water partition coefficient (Wildman–Crippen LogP) is 2.94. The van der Waals surface area contributed by atoms with E-state index in [9.17, 15) is 0 Å². The number of anilines is 1. The molecule has 0 bridgehead atoms. The Kier molecular flexibility index (Phi) is 2.44. The van der Waals surface area contributed by atoms with Crippen LogP contribution in [0.3, 0.4) is 0 Å². The summed E-state index contributed by atoms with van der Waals surface area (Å²) in [6.45, 7) is 0. The van der Waals surface area contributed by atoms with Crippen LogP contribution in [-0.2, 0) is 12.8 Å². The zero-order chi connectivity index (χ0) is 11.7. The minimum atomic E-state index is 0.506. The van der Waals surface area contributed by atoms with Gasteiger partial charge in [0, 0.05) is 0 Å². The highest BCUT2D eigenvalue weighted by molar-refractivity contribution is 5.41. The summed E-state index contributed by atoms with van der Waals surface area (Å²) >= 11 is 0. The monoisotopic (exact) mass is 226 g/mol. The minimum Gasteiger partial charge on any atom is -0.456 e. The van der Waals surface area contributed by atoms with E-state index in [1.165, 1.54) is 24.0 Å². The molecule has 0 fully saturated rings. The van der Waals surface area contributed by atoms with Crippen LogP contribution in [0.2, 0.25) is 0 Å². The van der Waals surface area contributed by atoms with Gasteiger partial charge in [0.15, 0.2) is 0 Å². The zero-order valence-corrected chi connectivity index (χ0v) is 9.52. The Morgan fingerprint density at radius 2 is 1.82 bits per heavy atom. The summed E-state index contributed by atoms with van der Waals surface area (Å²) in [7, 11) is 0. The Morgan fingerprint density at radius 3 is 2.65 bits per heavy atom. The first-order valence-corrected chi connectivity index (χ1v) is 5.82. The highest BCUT2D eigenvalue weighted by Gasteiger charge is 2.11. The molecule has 3 heteroatoms. The van der Waals surface area contributed by atoms with Crippen LogP contribution in [-0.4, -0.2) is 4.98 Å². The lowest BCUT2D eigenvalue weighted by molar-refractivity contribution is 0.480. The van der Waals surface area contributed by atoms with E-state index in [0.717, 1.165) is 17.9 Å². The number of rotatable bonds is 2. The third kappa shape index (κ3) is 2.09. The molecule has 86 valence electrons. The molecule has 0 radical (unpaired) electrons. The minimum absolute atomic E-state index is 0.506. The Balaban J connectivity index is 1.83. The number of aromatic nitrogens is 1. The van der Waals surface area contributed by atoms with Crippen LogP contribution in [0.15, 0.2) is 36.5 Å². The van der Waals surface area contributed by atoms with Crippen LogP contribution in [0.4, 0.5) is 5.82 Å². The second-order valence-electron chi connectivity index (χ2n) is 4.30. The predicted molar refractivity (Wildman–Crippen MR) is 67.2 cm³/mol. The van der Waals surface area contributed by atoms with Crippen LogP contribution >= 0.6 is 0 Å². The summed E-state index contributed by atoms with van der Waals surface area (Å²) in [4.78, 5) is 4.00. The van der Waals surface area contributed by atoms with Gasteiger partial charge in [0.25, 0.3) is 0 Å². The summed E-state index contributed by atoms with van der Waals surface area (Å²) in [5, 5.41) is 0. The third-order valence-corrected chi connectivity index (χ3v) is 3.06. The smallest absolute Gasteiger partial charge is 0.145 e. The quantitative estimate of drug-likeness (QED) is 0.856. The van der Waals surface area contributed by atoms with Gasteiger partial charge in [-0.3, -0.25) is 0 Å². The van der Waals surface area contributed by atoms with Crippen molar-refractivity contribution in [1.29, 1.82) is 0 Å². The summed E-state index contributed by atoms with van der Waals surface area (Å²) < 4.78 is 5.74. The number of nitrogens with zero attached hydrogens (tertiary/aromatic N) is 1. The van der Waals surface area contributed by atoms with Crippen molar-refractivity contribution in [1.82, 2.24) is 4.98 Å². The third-order valence-electron chi connectivity index (χ3n) is 3.06. The van der Waals surface area contributed by atoms with Crippen molar-refractivity contribution in [3.8, 4) is 11.5 Å². The molecule has 1 aliphatic carbocycles. The number of pyridine rings is 1. The van der Waals surface area contributed by atoms with Gasteiger partial charge in [0.1, 0.15) is 17.3 Å². The van der Waals surface area contributed by atoms with Crippen LogP contribution in [0, 0.1) is 0 Å². The normalized spacial score (nSPS) is 13.4. The lowest BCUT2D eigenvalue weighted by Gasteiger charge is -2.07. The van der Waals surface area contributed by atoms with E-state index in [2.05, 4.69) is 17.1 Å². The number of hydrogen-bond donors (Lipinski definition) is 1. The fourth-order valence-electron chi connectivity index (χ4n) is 2.20. The molecule has 0 spiro atoms. The lowest BCUT2D eigenvalue weighted by atomic mass is 10.1. The summed E-state index contributed by atoms with van der Waals surface area (Å²) in [5.41, 5.74) is 8.39. The van der Waals surface area contributed by atoms with Crippen molar-refractivity contribution in [2.24, 2.45) is 0 Å². The first kappa shape index (κ1) is 10.1. The topological polar surface area (TPSA) is 48.1 Å². The molecule has 0 amide bonds. The van der Waals surface area contributed by atoms with E-state index in [0.29, 0.717) is 5.82 Å². The van der Waals surface area contributed by atoms with E-state index in [1.807, 2.05) is 12.1 Å². The van der Waals surface area contributed by atoms with E-state index in [-0.39, 0.29) is 0 Å². The van der Waals surface area contributed by atoms with Crippen molar-refractivity contribution < 1.29 is 4.74 Å². The number of nitrogens with two attached hydrogens (primary N) is 1. The largest absolute Gasteiger partial charge is 0.456 e. The van der Waals surface area contributed by atoms with Gasteiger partial charge in [-0.2, -0.15) is 0 Å². The average molecular weight is 226 g/mol. The molecule has 0 atom stereocenters. The van der Waals surface area contributed by atoms with Crippen molar-refractivity contribution in [3.63, 3.8) is 0 Å². The number of aryl methyl sites for hydroxylation is 2. The van der Waals surface area contributed by atoms with Crippen LogP contribution in [0.5, 0.6) is 11.5 Å². The molecule has 2 N–H and O–H groups in total. The molecule has 0 aliphatic heterocycles. The van der Waals surface area contributed by atoms with Gasteiger partial charge in [0.05, 0.1) is 6.20 Å². The fraction of sp³-hybridized carbons (Fsp3) is 0.214. The van der Waals surface area contributed by atoms with Crippen LogP contribution in [0.1, 0.15) is 17.5 Å². The standard InChI is InChI=1S/C14H14N2O/c15-14-7-6-13(9-16-14)17-12-5-4-10-2-1-3-11(10)8-12/h4-9H,1-3H2,(H2,15,16). The number of nitrogen functional groups attached to an aromatic ring is 1. The molecular weight excluding hydrogens is 212 g/mol. The molecule has 0 unspecified atom stereocenters. The van der Waals surface area contributed by atoms with E-state index >= 15 is 0 Å². The first-order valence-electron chi connectivity index (χ1n) is 5.82. The maximum absolute atomic E-state index is 5.74. The maximum atomic E-state index is 5.74. The number of fused-ring (bicyclic) bond motifs is 1. The Morgan fingerprint density at radius 1 is 1.00 bits per heavy atom. The van der Waals surface area contributed by atoms with Crippen molar-refractivity contribution in [3.05, 3.63) is 47.7 Å². The molecule has 2 aromatic rings. The van der Waals surface area contributed by atoms with Crippen molar-refractivity contribution >= 4 is 5.82 Å². The van der Waals surface area contributed by atoms with Crippen molar-refractivity contribution in [2.45, 2.75) is 19.3 Å². The molecule has 17 heavy (non-hydrogen) atoms. The Hall–Kier alpha value is -2.03. The maximum Gasteiger partial charge on any atom is 0.145 e. The van der Waals surface area contributed by atoms with Crippen molar-refractivity contribution in [2.75, 3.05) is 5.73 Å². The molecule has 1 aromatic carbocycles. The molecule has 3 nitrogen and oxygen atoms in total. The Labute approximate surface area is 100 Å². The van der Waals surface area contributed by atoms with Gasteiger partial charge in [-0.05, 0) is 54.7 Å². The molecule has 1 aliphatic rings. The second-order valence-corrected chi connectivity index (χ2v) is 4.30. The van der Waals surface area contributed by atoms with E-state index in [1.54, 1.807) is 12.3 Å². The highest BCUT2D eigenvalue weighted by Crippen LogP contribution is 2.28. The number of ether oxygens (including phenoxy) is 1. The molecular formula is C14H14N2O. The zero-order valence-electron chi connectivity index (χ0n) is 9.52. The average Bonchev–Trinajstić information content (AvgIpc) is 2.79. The van der Waals surface area contributed by atoms with Gasteiger partial charge >= 0.3 is 0 Å². The highest BCUT2D eigenvalue weighted by atomic mass is 16.5. The number of hydrogen-bond acceptors (Lipinski definition) is 3. The molecule has 0 saturated heterocycles. The first-order chi connectivity index (χ1) is 8.31. The lowest BCUT2D eigenvalue weighted by Crippen LogP contribution is -1.91. The van der Waals surface area contributed by atoms with Gasteiger partial charge in [0.2, 0.25) is 0 Å². The summed E-state index contributed by atoms with van der Waals surface area (Å²) in [6.07, 6.45) is 5.25. The fourth-order valence-corrected chi connectivity index (χ4v) is 2.20. The van der Waals surface area contributed by atoms with Crippen LogP contribution < -0.4 is 10.5 Å². The molecule has 1 aromatic heterocycles. The van der Waals surface area contributed by atoms with E-state index < -0.39 is 0 Å². The Bertz CT molecular complexity index is 534. The molecule has 1 heterocycles. The summed E-state index contributed by atoms with van der Waals surface area (Å²) in [5.74, 6) is 2.10.